The molecule has 0 spiro atoms. The van der Waals surface area contributed by atoms with E-state index in [1.54, 1.807) is 0 Å². The molecular formula is C15H19ClN4O. The van der Waals surface area contributed by atoms with Gasteiger partial charge in [-0.3, -0.25) is 9.69 Å². The molecule has 1 saturated heterocycles. The SMILES string of the molecule is CC(C(=O)N1CCn2c1nc1ccccc12)C1CNC1.Cl. The quantitative estimate of drug-likeness (QED) is 0.918. The van der Waals surface area contributed by atoms with Gasteiger partial charge in [0.1, 0.15) is 0 Å². The highest BCUT2D eigenvalue weighted by Gasteiger charge is 2.36. The van der Waals surface area contributed by atoms with E-state index < -0.39 is 0 Å². The highest BCUT2D eigenvalue weighted by Crippen LogP contribution is 2.29. The molecule has 1 unspecified atom stereocenters. The Balaban J connectivity index is 0.00000132. The van der Waals surface area contributed by atoms with Crippen LogP contribution < -0.4 is 10.2 Å². The van der Waals surface area contributed by atoms with E-state index in [0.717, 1.165) is 43.2 Å². The van der Waals surface area contributed by atoms with Gasteiger partial charge in [-0.15, -0.1) is 12.4 Å². The number of hydrogen-bond acceptors (Lipinski definition) is 3. The number of benzene rings is 1. The van der Waals surface area contributed by atoms with Crippen LogP contribution in [-0.2, 0) is 11.3 Å². The maximum Gasteiger partial charge on any atom is 0.232 e. The summed E-state index contributed by atoms with van der Waals surface area (Å²) in [6.07, 6.45) is 0. The van der Waals surface area contributed by atoms with Gasteiger partial charge in [0.05, 0.1) is 11.0 Å². The Morgan fingerprint density at radius 1 is 1.33 bits per heavy atom. The van der Waals surface area contributed by atoms with E-state index in [1.807, 2.05) is 30.0 Å². The van der Waals surface area contributed by atoms with E-state index in [1.165, 1.54) is 0 Å². The number of imidazole rings is 1. The second kappa shape index (κ2) is 5.31. The van der Waals surface area contributed by atoms with Gasteiger partial charge in [-0.1, -0.05) is 19.1 Å². The second-order valence-corrected chi connectivity index (χ2v) is 5.75. The fourth-order valence-corrected chi connectivity index (χ4v) is 3.11. The number of fused-ring (bicyclic) bond motifs is 3. The van der Waals surface area contributed by atoms with Crippen molar-refractivity contribution < 1.29 is 4.79 Å². The van der Waals surface area contributed by atoms with Gasteiger partial charge >= 0.3 is 0 Å². The molecule has 1 aromatic carbocycles. The second-order valence-electron chi connectivity index (χ2n) is 5.75. The van der Waals surface area contributed by atoms with Crippen LogP contribution in [0.1, 0.15) is 6.92 Å². The number of aromatic nitrogens is 2. The molecule has 21 heavy (non-hydrogen) atoms. The minimum absolute atomic E-state index is 0. The zero-order valence-corrected chi connectivity index (χ0v) is 12.8. The normalized spacial score (nSPS) is 19.0. The van der Waals surface area contributed by atoms with Crippen LogP contribution in [0.25, 0.3) is 11.0 Å². The first kappa shape index (κ1) is 14.4. The molecule has 1 N–H and O–H groups in total. The van der Waals surface area contributed by atoms with Gasteiger partial charge in [-0.25, -0.2) is 4.98 Å². The molecule has 1 aromatic heterocycles. The monoisotopic (exact) mass is 306 g/mol. The summed E-state index contributed by atoms with van der Waals surface area (Å²) in [7, 11) is 0. The molecule has 3 heterocycles. The summed E-state index contributed by atoms with van der Waals surface area (Å²) in [6, 6.07) is 8.08. The Hall–Kier alpha value is -1.59. The Morgan fingerprint density at radius 3 is 2.81 bits per heavy atom. The zero-order valence-electron chi connectivity index (χ0n) is 12.0. The summed E-state index contributed by atoms with van der Waals surface area (Å²) >= 11 is 0. The summed E-state index contributed by atoms with van der Waals surface area (Å²) in [5, 5.41) is 3.24. The molecule has 112 valence electrons. The third kappa shape index (κ3) is 2.12. The van der Waals surface area contributed by atoms with E-state index in [-0.39, 0.29) is 24.2 Å². The number of para-hydroxylation sites is 2. The molecule has 6 heteroatoms. The van der Waals surface area contributed by atoms with Crippen molar-refractivity contribution in [1.29, 1.82) is 0 Å². The lowest BCUT2D eigenvalue weighted by Gasteiger charge is -2.33. The lowest BCUT2D eigenvalue weighted by Crippen LogP contribution is -2.50. The first-order chi connectivity index (χ1) is 9.75. The average Bonchev–Trinajstić information content (AvgIpc) is 2.94. The average molecular weight is 307 g/mol. The molecule has 2 aromatic rings. The molecule has 0 aliphatic carbocycles. The molecule has 0 saturated carbocycles. The fraction of sp³-hybridized carbons (Fsp3) is 0.467. The van der Waals surface area contributed by atoms with Gasteiger partial charge in [-0.05, 0) is 31.1 Å². The van der Waals surface area contributed by atoms with Crippen molar-refractivity contribution in [2.24, 2.45) is 11.8 Å². The van der Waals surface area contributed by atoms with Gasteiger partial charge in [0.15, 0.2) is 0 Å². The molecule has 1 amide bonds. The standard InChI is InChI=1S/C15H18N4O.ClH/c1-10(11-8-16-9-11)14(20)19-7-6-18-13-5-3-2-4-12(13)17-15(18)19;/h2-5,10-11,16H,6-9H2,1H3;1H. The number of carbonyl (C=O) groups excluding carboxylic acids is 1. The molecule has 2 aliphatic heterocycles. The van der Waals surface area contributed by atoms with Crippen LogP contribution in [0.2, 0.25) is 0 Å². The van der Waals surface area contributed by atoms with E-state index >= 15 is 0 Å². The first-order valence-electron chi connectivity index (χ1n) is 7.23. The van der Waals surface area contributed by atoms with Gasteiger partial charge in [-0.2, -0.15) is 0 Å². The van der Waals surface area contributed by atoms with Crippen molar-refractivity contribution in [2.45, 2.75) is 13.5 Å². The third-order valence-electron chi connectivity index (χ3n) is 4.60. The number of rotatable bonds is 2. The molecular weight excluding hydrogens is 288 g/mol. The Bertz CT molecular complexity index is 679. The van der Waals surface area contributed by atoms with Crippen molar-refractivity contribution in [3.63, 3.8) is 0 Å². The van der Waals surface area contributed by atoms with Crippen molar-refractivity contribution >= 4 is 35.3 Å². The molecule has 1 fully saturated rings. The minimum atomic E-state index is 0. The number of carbonyl (C=O) groups is 1. The predicted molar refractivity (Wildman–Crippen MR) is 84.9 cm³/mol. The summed E-state index contributed by atoms with van der Waals surface area (Å²) in [4.78, 5) is 19.2. The van der Waals surface area contributed by atoms with Crippen LogP contribution in [0.5, 0.6) is 0 Å². The van der Waals surface area contributed by atoms with Crippen molar-refractivity contribution in [1.82, 2.24) is 14.9 Å². The number of halogens is 1. The predicted octanol–water partition coefficient (Wildman–Crippen LogP) is 1.66. The van der Waals surface area contributed by atoms with Crippen molar-refractivity contribution in [3.05, 3.63) is 24.3 Å². The molecule has 2 aliphatic rings. The first-order valence-corrected chi connectivity index (χ1v) is 7.23. The number of nitrogens with zero attached hydrogens (tertiary/aromatic N) is 3. The Labute approximate surface area is 129 Å². The maximum atomic E-state index is 12.7. The van der Waals surface area contributed by atoms with Crippen LogP contribution in [0, 0.1) is 11.8 Å². The molecule has 1 atom stereocenters. The minimum Gasteiger partial charge on any atom is -0.316 e. The van der Waals surface area contributed by atoms with E-state index in [0.29, 0.717) is 5.92 Å². The van der Waals surface area contributed by atoms with E-state index in [9.17, 15) is 4.79 Å². The van der Waals surface area contributed by atoms with Crippen LogP contribution in [0.15, 0.2) is 24.3 Å². The van der Waals surface area contributed by atoms with Gasteiger partial charge in [0.25, 0.3) is 0 Å². The number of amides is 1. The van der Waals surface area contributed by atoms with Crippen LogP contribution in [-0.4, -0.2) is 35.1 Å². The Morgan fingerprint density at radius 2 is 2.10 bits per heavy atom. The summed E-state index contributed by atoms with van der Waals surface area (Å²) in [5.74, 6) is 1.57. The largest absolute Gasteiger partial charge is 0.316 e. The van der Waals surface area contributed by atoms with E-state index in [2.05, 4.69) is 20.9 Å². The summed E-state index contributed by atoms with van der Waals surface area (Å²) in [6.45, 7) is 5.54. The van der Waals surface area contributed by atoms with Gasteiger partial charge in [0, 0.05) is 19.0 Å². The number of hydrogen-bond donors (Lipinski definition) is 1. The van der Waals surface area contributed by atoms with Crippen molar-refractivity contribution in [3.8, 4) is 0 Å². The molecule has 4 rings (SSSR count). The van der Waals surface area contributed by atoms with Gasteiger partial charge < -0.3 is 9.88 Å². The van der Waals surface area contributed by atoms with Crippen LogP contribution in [0.4, 0.5) is 5.95 Å². The Kier molecular flexibility index (Phi) is 3.63. The number of nitrogens with one attached hydrogen (secondary N) is 1. The van der Waals surface area contributed by atoms with Crippen LogP contribution >= 0.6 is 12.4 Å². The highest BCUT2D eigenvalue weighted by atomic mass is 35.5. The number of anilines is 1. The van der Waals surface area contributed by atoms with E-state index in [4.69, 9.17) is 0 Å². The maximum absolute atomic E-state index is 12.7. The third-order valence-corrected chi connectivity index (χ3v) is 4.60. The summed E-state index contributed by atoms with van der Waals surface area (Å²) in [5.41, 5.74) is 2.09. The highest BCUT2D eigenvalue weighted by molar-refractivity contribution is 5.96. The van der Waals surface area contributed by atoms with Gasteiger partial charge in [0.2, 0.25) is 11.9 Å². The molecule has 0 bridgehead atoms. The topological polar surface area (TPSA) is 50.2 Å². The van der Waals surface area contributed by atoms with Crippen molar-refractivity contribution in [2.75, 3.05) is 24.5 Å². The zero-order chi connectivity index (χ0) is 13.7. The summed E-state index contributed by atoms with van der Waals surface area (Å²) < 4.78 is 2.15. The smallest absolute Gasteiger partial charge is 0.232 e. The molecule has 5 nitrogen and oxygen atoms in total. The fourth-order valence-electron chi connectivity index (χ4n) is 3.11. The lowest BCUT2D eigenvalue weighted by atomic mass is 9.88. The lowest BCUT2D eigenvalue weighted by molar-refractivity contribution is -0.124. The molecule has 0 radical (unpaired) electrons. The van der Waals surface area contributed by atoms with Crippen LogP contribution in [0.3, 0.4) is 0 Å².